The van der Waals surface area contributed by atoms with Crippen LogP contribution in [0.5, 0.6) is 0 Å². The first kappa shape index (κ1) is 16.2. The lowest BCUT2D eigenvalue weighted by atomic mass is 10.4. The second kappa shape index (κ2) is 12.8. The van der Waals surface area contributed by atoms with Crippen LogP contribution in [0.4, 0.5) is 0 Å². The number of likely N-dealkylation sites (N-methyl/N-ethyl adjacent to an activating group) is 1. The van der Waals surface area contributed by atoms with Crippen molar-refractivity contribution in [1.82, 2.24) is 4.90 Å². The Morgan fingerprint density at radius 2 is 1.62 bits per heavy atom. The van der Waals surface area contributed by atoms with Gasteiger partial charge in [0.2, 0.25) is 0 Å². The van der Waals surface area contributed by atoms with Gasteiger partial charge in [0.15, 0.2) is 0 Å². The van der Waals surface area contributed by atoms with Crippen molar-refractivity contribution in [2.24, 2.45) is 0 Å². The SMILES string of the molecule is CN(C)CC(O)CCl.ClCCCCl. The molecule has 2 nitrogen and oxygen atoms in total. The van der Waals surface area contributed by atoms with Crippen LogP contribution in [0.3, 0.4) is 0 Å². The van der Waals surface area contributed by atoms with Crippen LogP contribution in [-0.2, 0) is 0 Å². The molecule has 1 atom stereocenters. The maximum Gasteiger partial charge on any atom is 0.0801 e. The summed E-state index contributed by atoms with van der Waals surface area (Å²) < 4.78 is 0. The highest BCUT2D eigenvalue weighted by atomic mass is 35.5. The first-order valence-electron chi connectivity index (χ1n) is 4.09. The van der Waals surface area contributed by atoms with Crippen LogP contribution in [0.25, 0.3) is 0 Å². The maximum absolute atomic E-state index is 8.85. The molecule has 13 heavy (non-hydrogen) atoms. The third kappa shape index (κ3) is 19.3. The molecule has 0 aromatic rings. The van der Waals surface area contributed by atoms with E-state index in [1.807, 2.05) is 19.0 Å². The molecule has 0 fully saturated rings. The number of hydrogen-bond donors (Lipinski definition) is 1. The van der Waals surface area contributed by atoms with Gasteiger partial charge in [-0.3, -0.25) is 0 Å². The van der Waals surface area contributed by atoms with Crippen molar-refractivity contribution >= 4 is 34.8 Å². The van der Waals surface area contributed by atoms with Crippen LogP contribution in [0.15, 0.2) is 0 Å². The molecule has 0 aliphatic heterocycles. The Balaban J connectivity index is 0. The summed E-state index contributed by atoms with van der Waals surface area (Å²) in [5.74, 6) is 1.69. The average Bonchev–Trinajstić information content (AvgIpc) is 2.06. The van der Waals surface area contributed by atoms with Gasteiger partial charge in [-0.25, -0.2) is 0 Å². The first-order valence-corrected chi connectivity index (χ1v) is 5.69. The summed E-state index contributed by atoms with van der Waals surface area (Å²) in [5.41, 5.74) is 0. The second-order valence-corrected chi connectivity index (χ2v) is 3.87. The average molecular weight is 251 g/mol. The lowest BCUT2D eigenvalue weighted by molar-refractivity contribution is 0.157. The normalized spacial score (nSPS) is 12.2. The lowest BCUT2D eigenvalue weighted by Gasteiger charge is -2.12. The molecule has 82 valence electrons. The molecule has 0 aliphatic rings. The topological polar surface area (TPSA) is 23.5 Å². The molecule has 1 unspecified atom stereocenters. The van der Waals surface area contributed by atoms with Gasteiger partial charge in [-0.05, 0) is 20.5 Å². The van der Waals surface area contributed by atoms with Crippen LogP contribution >= 0.6 is 34.8 Å². The van der Waals surface area contributed by atoms with Gasteiger partial charge in [-0.1, -0.05) is 0 Å². The smallest absolute Gasteiger partial charge is 0.0801 e. The molecule has 0 heterocycles. The number of halogens is 3. The monoisotopic (exact) mass is 249 g/mol. The fraction of sp³-hybridized carbons (Fsp3) is 1.00. The Bertz CT molecular complexity index is 91.5. The number of nitrogens with zero attached hydrogens (tertiary/aromatic N) is 1. The zero-order chi connectivity index (χ0) is 10.7. The summed E-state index contributed by atoms with van der Waals surface area (Å²) in [6.07, 6.45) is 0.537. The van der Waals surface area contributed by atoms with Gasteiger partial charge >= 0.3 is 0 Å². The molecule has 0 aromatic heterocycles. The molecule has 0 rings (SSSR count). The van der Waals surface area contributed by atoms with E-state index in [4.69, 9.17) is 39.9 Å². The van der Waals surface area contributed by atoms with Crippen LogP contribution in [0.2, 0.25) is 0 Å². The minimum absolute atomic E-state index is 0.318. The van der Waals surface area contributed by atoms with Crippen molar-refractivity contribution in [1.29, 1.82) is 0 Å². The molecule has 0 aromatic carbocycles. The fourth-order valence-electron chi connectivity index (χ4n) is 0.521. The molecule has 0 radical (unpaired) electrons. The third-order valence-corrected chi connectivity index (χ3v) is 1.91. The predicted molar refractivity (Wildman–Crippen MR) is 61.3 cm³/mol. The number of rotatable bonds is 5. The van der Waals surface area contributed by atoms with Crippen molar-refractivity contribution in [2.45, 2.75) is 12.5 Å². The van der Waals surface area contributed by atoms with Crippen molar-refractivity contribution in [3.05, 3.63) is 0 Å². The molecule has 1 N–H and O–H groups in total. The zero-order valence-corrected chi connectivity index (χ0v) is 10.4. The Kier molecular flexibility index (Phi) is 16.0. The molecular formula is C8H18Cl3NO. The van der Waals surface area contributed by atoms with E-state index in [2.05, 4.69) is 0 Å². The molecule has 0 saturated carbocycles. The van der Waals surface area contributed by atoms with Gasteiger partial charge in [-0.15, -0.1) is 34.8 Å². The molecule has 5 heteroatoms. The molecule has 0 aliphatic carbocycles. The summed E-state index contributed by atoms with van der Waals surface area (Å²) in [4.78, 5) is 1.90. The molecule has 0 spiro atoms. The van der Waals surface area contributed by atoms with E-state index in [9.17, 15) is 0 Å². The van der Waals surface area contributed by atoms with E-state index in [1.165, 1.54) is 0 Å². The van der Waals surface area contributed by atoms with E-state index in [1.54, 1.807) is 0 Å². The molecular weight excluding hydrogens is 232 g/mol. The van der Waals surface area contributed by atoms with E-state index in [-0.39, 0.29) is 6.10 Å². The van der Waals surface area contributed by atoms with Gasteiger partial charge in [-0.2, -0.15) is 0 Å². The van der Waals surface area contributed by atoms with E-state index >= 15 is 0 Å². The third-order valence-electron chi connectivity index (χ3n) is 1.02. The molecule has 0 amide bonds. The number of hydrogen-bond acceptors (Lipinski definition) is 2. The minimum atomic E-state index is -0.383. The van der Waals surface area contributed by atoms with Gasteiger partial charge in [0.1, 0.15) is 0 Å². The van der Waals surface area contributed by atoms with Gasteiger partial charge in [0.05, 0.1) is 6.10 Å². The van der Waals surface area contributed by atoms with E-state index < -0.39 is 0 Å². The first-order chi connectivity index (χ1) is 6.08. The van der Waals surface area contributed by atoms with Crippen LogP contribution in [-0.4, -0.2) is 54.4 Å². The summed E-state index contributed by atoms with van der Waals surface area (Å²) in [5, 5.41) is 8.85. The summed E-state index contributed by atoms with van der Waals surface area (Å²) in [6, 6.07) is 0. The Hall–Kier alpha value is 0.790. The van der Waals surface area contributed by atoms with E-state index in [0.29, 0.717) is 24.2 Å². The summed E-state index contributed by atoms with van der Waals surface area (Å²) in [6.45, 7) is 0.642. The van der Waals surface area contributed by atoms with E-state index in [0.717, 1.165) is 6.42 Å². The highest BCUT2D eigenvalue weighted by Gasteiger charge is 2.00. The van der Waals surface area contributed by atoms with Crippen LogP contribution in [0.1, 0.15) is 6.42 Å². The Morgan fingerprint density at radius 1 is 1.15 bits per heavy atom. The summed E-state index contributed by atoms with van der Waals surface area (Å²) in [7, 11) is 3.80. The lowest BCUT2D eigenvalue weighted by Crippen LogP contribution is -2.26. The standard InChI is InChI=1S/C5H12ClNO.C3H6Cl2/c1-7(2)4-5(8)3-6;4-2-1-3-5/h5,8H,3-4H2,1-2H3;1-3H2. The fourth-order valence-corrected chi connectivity index (χ4v) is 1.02. The van der Waals surface area contributed by atoms with Crippen molar-refractivity contribution in [3.8, 4) is 0 Å². The predicted octanol–water partition coefficient (Wildman–Crippen LogP) is 2.00. The highest BCUT2D eigenvalue weighted by Crippen LogP contribution is 1.87. The number of aliphatic hydroxyl groups excluding tert-OH is 1. The maximum atomic E-state index is 8.85. The highest BCUT2D eigenvalue weighted by molar-refractivity contribution is 6.20. The number of alkyl halides is 3. The minimum Gasteiger partial charge on any atom is -0.391 e. The quantitative estimate of drug-likeness (QED) is 0.755. The van der Waals surface area contributed by atoms with Crippen molar-refractivity contribution in [2.75, 3.05) is 38.3 Å². The largest absolute Gasteiger partial charge is 0.391 e. The van der Waals surface area contributed by atoms with Crippen LogP contribution < -0.4 is 0 Å². The zero-order valence-electron chi connectivity index (χ0n) is 8.14. The van der Waals surface area contributed by atoms with Gasteiger partial charge in [0, 0.05) is 24.2 Å². The van der Waals surface area contributed by atoms with Crippen molar-refractivity contribution < 1.29 is 5.11 Å². The number of aliphatic hydroxyl groups is 1. The Morgan fingerprint density at radius 3 is 1.69 bits per heavy atom. The van der Waals surface area contributed by atoms with Crippen molar-refractivity contribution in [3.63, 3.8) is 0 Å². The Labute approximate surface area is 95.8 Å². The molecule has 0 saturated heterocycles. The summed E-state index contributed by atoms with van der Waals surface area (Å²) >= 11 is 15.8. The molecule has 0 bridgehead atoms. The second-order valence-electron chi connectivity index (χ2n) is 2.80. The van der Waals surface area contributed by atoms with Gasteiger partial charge < -0.3 is 10.0 Å². The van der Waals surface area contributed by atoms with Gasteiger partial charge in [0.25, 0.3) is 0 Å². The van der Waals surface area contributed by atoms with Crippen LogP contribution in [0, 0.1) is 0 Å².